The Morgan fingerprint density at radius 2 is 1.96 bits per heavy atom. The molecule has 0 aliphatic rings. The van der Waals surface area contributed by atoms with E-state index in [9.17, 15) is 22.8 Å². The minimum Gasteiger partial charge on any atom is -0.468 e. The van der Waals surface area contributed by atoms with Gasteiger partial charge in [-0.1, -0.05) is 12.1 Å². The highest BCUT2D eigenvalue weighted by Gasteiger charge is 2.28. The lowest BCUT2D eigenvalue weighted by molar-refractivity contribution is -0.154. The van der Waals surface area contributed by atoms with Crippen LogP contribution in [0.3, 0.4) is 0 Å². The second kappa shape index (κ2) is 8.52. The van der Waals surface area contributed by atoms with Crippen LogP contribution in [0.15, 0.2) is 42.6 Å². The number of aromatic nitrogens is 1. The first-order valence-electron chi connectivity index (χ1n) is 7.98. The van der Waals surface area contributed by atoms with Gasteiger partial charge in [0.1, 0.15) is 0 Å². The monoisotopic (exact) mass is 381 g/mol. The largest absolute Gasteiger partial charge is 0.468 e. The van der Waals surface area contributed by atoms with E-state index in [-0.39, 0.29) is 23.4 Å². The van der Waals surface area contributed by atoms with Gasteiger partial charge >= 0.3 is 6.18 Å². The fourth-order valence-corrected chi connectivity index (χ4v) is 2.21. The number of carbonyl (C=O) groups excluding carboxylic acids is 2. The Hall–Kier alpha value is -3.10. The maximum Gasteiger partial charge on any atom is 0.422 e. The highest BCUT2D eigenvalue weighted by molar-refractivity contribution is 5.94. The first-order valence-corrected chi connectivity index (χ1v) is 7.98. The Morgan fingerprint density at radius 3 is 2.56 bits per heavy atom. The van der Waals surface area contributed by atoms with Crippen LogP contribution in [0.5, 0.6) is 5.88 Å². The third kappa shape index (κ3) is 6.61. The molecule has 6 nitrogen and oxygen atoms in total. The Kier molecular flexibility index (Phi) is 6.38. The predicted molar refractivity (Wildman–Crippen MR) is 92.4 cm³/mol. The number of carbonyl (C=O) groups is 2. The highest BCUT2D eigenvalue weighted by atomic mass is 19.4. The van der Waals surface area contributed by atoms with Crippen molar-refractivity contribution in [2.24, 2.45) is 0 Å². The summed E-state index contributed by atoms with van der Waals surface area (Å²) in [4.78, 5) is 27.1. The van der Waals surface area contributed by atoms with Crippen molar-refractivity contribution in [3.63, 3.8) is 0 Å². The molecule has 2 N–H and O–H groups in total. The van der Waals surface area contributed by atoms with Crippen LogP contribution in [0, 0.1) is 0 Å². The molecule has 2 rings (SSSR count). The number of hydrogen-bond donors (Lipinski definition) is 2. The SMILES string of the molecule is CC(=O)Nc1cccc(C(C)NC(=O)c2ccc(OCC(F)(F)F)nc2)c1. The number of hydrogen-bond acceptors (Lipinski definition) is 4. The summed E-state index contributed by atoms with van der Waals surface area (Å²) < 4.78 is 40.8. The quantitative estimate of drug-likeness (QED) is 0.803. The van der Waals surface area contributed by atoms with Crippen molar-refractivity contribution in [3.8, 4) is 5.88 Å². The standard InChI is InChI=1S/C18H18F3N3O3/c1-11(13-4-3-5-15(8-13)24-12(2)25)23-17(26)14-6-7-16(22-9-14)27-10-18(19,20)21/h3-9,11H,10H2,1-2H3,(H,23,26)(H,24,25). The molecule has 2 amide bonds. The topological polar surface area (TPSA) is 80.3 Å². The van der Waals surface area contributed by atoms with Crippen molar-refractivity contribution in [3.05, 3.63) is 53.7 Å². The number of alkyl halides is 3. The van der Waals surface area contributed by atoms with E-state index >= 15 is 0 Å². The second-order valence-electron chi connectivity index (χ2n) is 5.79. The molecule has 0 aliphatic carbocycles. The highest BCUT2D eigenvalue weighted by Crippen LogP contribution is 2.19. The summed E-state index contributed by atoms with van der Waals surface area (Å²) >= 11 is 0. The molecule has 1 unspecified atom stereocenters. The van der Waals surface area contributed by atoms with Gasteiger partial charge in [-0.05, 0) is 30.7 Å². The van der Waals surface area contributed by atoms with Crippen molar-refractivity contribution in [1.82, 2.24) is 10.3 Å². The minimum atomic E-state index is -4.46. The summed E-state index contributed by atoms with van der Waals surface area (Å²) in [6, 6.07) is 9.16. The number of ether oxygens (including phenoxy) is 1. The molecule has 1 aromatic heterocycles. The molecule has 0 aliphatic heterocycles. The van der Waals surface area contributed by atoms with Crippen LogP contribution in [0.4, 0.5) is 18.9 Å². The van der Waals surface area contributed by atoms with Gasteiger partial charge in [0.2, 0.25) is 11.8 Å². The fourth-order valence-electron chi connectivity index (χ4n) is 2.21. The van der Waals surface area contributed by atoms with E-state index in [0.29, 0.717) is 5.69 Å². The molecule has 0 fully saturated rings. The number of anilines is 1. The van der Waals surface area contributed by atoms with Gasteiger partial charge in [0.25, 0.3) is 5.91 Å². The van der Waals surface area contributed by atoms with E-state index in [4.69, 9.17) is 0 Å². The van der Waals surface area contributed by atoms with Gasteiger partial charge in [0, 0.05) is 24.9 Å². The smallest absolute Gasteiger partial charge is 0.422 e. The molecule has 144 valence electrons. The molecule has 0 spiro atoms. The molecule has 1 atom stereocenters. The Morgan fingerprint density at radius 1 is 1.22 bits per heavy atom. The van der Waals surface area contributed by atoms with Gasteiger partial charge in [-0.15, -0.1) is 0 Å². The van der Waals surface area contributed by atoms with Crippen molar-refractivity contribution >= 4 is 17.5 Å². The molecule has 0 radical (unpaired) electrons. The van der Waals surface area contributed by atoms with Gasteiger partial charge in [0.15, 0.2) is 6.61 Å². The summed E-state index contributed by atoms with van der Waals surface area (Å²) in [5.41, 5.74) is 1.56. The van der Waals surface area contributed by atoms with Crippen LogP contribution in [0.25, 0.3) is 0 Å². The van der Waals surface area contributed by atoms with E-state index in [2.05, 4.69) is 20.4 Å². The summed E-state index contributed by atoms with van der Waals surface area (Å²) in [5, 5.41) is 5.41. The lowest BCUT2D eigenvalue weighted by Crippen LogP contribution is -2.27. The predicted octanol–water partition coefficient (Wildman–Crippen LogP) is 3.47. The molecule has 1 heterocycles. The van der Waals surface area contributed by atoms with Crippen molar-refractivity contribution in [2.45, 2.75) is 26.1 Å². The molecule has 9 heteroatoms. The number of halogens is 3. The maximum absolute atomic E-state index is 12.3. The first kappa shape index (κ1) is 20.2. The maximum atomic E-state index is 12.3. The molecule has 1 aromatic carbocycles. The Labute approximate surface area is 153 Å². The van der Waals surface area contributed by atoms with E-state index in [1.165, 1.54) is 19.1 Å². The van der Waals surface area contributed by atoms with Crippen LogP contribution < -0.4 is 15.4 Å². The molecule has 2 aromatic rings. The number of rotatable bonds is 6. The van der Waals surface area contributed by atoms with Crippen LogP contribution in [-0.2, 0) is 4.79 Å². The number of nitrogens with one attached hydrogen (secondary N) is 2. The van der Waals surface area contributed by atoms with Crippen molar-refractivity contribution in [2.75, 3.05) is 11.9 Å². The summed E-state index contributed by atoms with van der Waals surface area (Å²) in [6.07, 6.45) is -3.32. The zero-order chi connectivity index (χ0) is 20.0. The zero-order valence-corrected chi connectivity index (χ0v) is 14.6. The van der Waals surface area contributed by atoms with Crippen LogP contribution in [-0.4, -0.2) is 29.6 Å². The zero-order valence-electron chi connectivity index (χ0n) is 14.6. The first-order chi connectivity index (χ1) is 12.6. The Bertz CT molecular complexity index is 807. The fraction of sp³-hybridized carbons (Fsp3) is 0.278. The lowest BCUT2D eigenvalue weighted by Gasteiger charge is -2.15. The van der Waals surface area contributed by atoms with Gasteiger partial charge in [-0.3, -0.25) is 9.59 Å². The molecule has 0 bridgehead atoms. The molecular formula is C18H18F3N3O3. The van der Waals surface area contributed by atoms with E-state index in [1.807, 2.05) is 0 Å². The van der Waals surface area contributed by atoms with Gasteiger partial charge in [-0.2, -0.15) is 13.2 Å². The van der Waals surface area contributed by atoms with E-state index in [1.54, 1.807) is 31.2 Å². The van der Waals surface area contributed by atoms with Crippen LogP contribution >= 0.6 is 0 Å². The average Bonchev–Trinajstić information content (AvgIpc) is 2.59. The van der Waals surface area contributed by atoms with Gasteiger partial charge < -0.3 is 15.4 Å². The van der Waals surface area contributed by atoms with Crippen LogP contribution in [0.2, 0.25) is 0 Å². The number of nitrogens with zero attached hydrogens (tertiary/aromatic N) is 1. The summed E-state index contributed by atoms with van der Waals surface area (Å²) in [5.74, 6) is -0.870. The molecule has 0 saturated carbocycles. The average molecular weight is 381 g/mol. The minimum absolute atomic E-state index is 0.180. The molecular weight excluding hydrogens is 363 g/mol. The van der Waals surface area contributed by atoms with Crippen molar-refractivity contribution in [1.29, 1.82) is 0 Å². The second-order valence-corrected chi connectivity index (χ2v) is 5.79. The normalized spacial score (nSPS) is 12.2. The van der Waals surface area contributed by atoms with Gasteiger partial charge in [0.05, 0.1) is 11.6 Å². The van der Waals surface area contributed by atoms with Gasteiger partial charge in [-0.25, -0.2) is 4.98 Å². The number of benzene rings is 1. The third-order valence-electron chi connectivity index (χ3n) is 3.44. The Balaban J connectivity index is 1.99. The van der Waals surface area contributed by atoms with E-state index in [0.717, 1.165) is 11.8 Å². The van der Waals surface area contributed by atoms with Crippen molar-refractivity contribution < 1.29 is 27.5 Å². The van der Waals surface area contributed by atoms with E-state index < -0.39 is 18.7 Å². The summed E-state index contributed by atoms with van der Waals surface area (Å²) in [6.45, 7) is 1.71. The summed E-state index contributed by atoms with van der Waals surface area (Å²) in [7, 11) is 0. The molecule has 27 heavy (non-hydrogen) atoms. The number of amides is 2. The number of pyridine rings is 1. The molecule has 0 saturated heterocycles. The third-order valence-corrected chi connectivity index (χ3v) is 3.44. The van der Waals surface area contributed by atoms with Crippen LogP contribution in [0.1, 0.15) is 35.8 Å². The lowest BCUT2D eigenvalue weighted by atomic mass is 10.1.